The molecule has 32 heavy (non-hydrogen) atoms. The van der Waals surface area contributed by atoms with Gasteiger partial charge in [-0.25, -0.2) is 4.79 Å². The smallest absolute Gasteiger partial charge is 0.343 e. The maximum atomic E-state index is 13.1. The van der Waals surface area contributed by atoms with E-state index in [9.17, 15) is 9.59 Å². The fourth-order valence-corrected chi connectivity index (χ4v) is 6.28. The van der Waals surface area contributed by atoms with E-state index in [1.54, 1.807) is 41.7 Å². The molecule has 0 saturated carbocycles. The summed E-state index contributed by atoms with van der Waals surface area (Å²) in [6.07, 6.45) is 2.56. The standard InChI is InChI=1S/C24H20Br2N2O3S/c1-12-2-8-16-19(10-12)32-23-20(16)22(29)27-21(28-23)17-11-15(26)7-9-18(17)31-24(30)13-3-5-14(25)6-4-13/h3-7,9,11-12,21,28H,2,8,10H2,1H3,(H,27,29)/t12-,21+/m0/s1. The lowest BCUT2D eigenvalue weighted by atomic mass is 9.88. The second kappa shape index (κ2) is 8.65. The van der Waals surface area contributed by atoms with Crippen molar-refractivity contribution >= 4 is 60.1 Å². The zero-order chi connectivity index (χ0) is 22.4. The zero-order valence-corrected chi connectivity index (χ0v) is 21.2. The molecule has 1 aliphatic heterocycles. The second-order valence-corrected chi connectivity index (χ2v) is 11.1. The Morgan fingerprint density at radius 3 is 2.62 bits per heavy atom. The van der Waals surface area contributed by atoms with E-state index in [0.717, 1.165) is 38.8 Å². The summed E-state index contributed by atoms with van der Waals surface area (Å²) in [5, 5.41) is 7.43. The van der Waals surface area contributed by atoms with Crippen LogP contribution in [0.25, 0.3) is 0 Å². The topological polar surface area (TPSA) is 67.4 Å². The van der Waals surface area contributed by atoms with Crippen LogP contribution in [0.2, 0.25) is 0 Å². The Balaban J connectivity index is 1.45. The van der Waals surface area contributed by atoms with Gasteiger partial charge in [0, 0.05) is 19.4 Å². The molecule has 8 heteroatoms. The average Bonchev–Trinajstić information content (AvgIpc) is 3.13. The number of thiophene rings is 1. The second-order valence-electron chi connectivity index (χ2n) is 8.19. The normalized spacial score (nSPS) is 19.4. The van der Waals surface area contributed by atoms with Crippen molar-refractivity contribution in [2.24, 2.45) is 5.92 Å². The molecule has 0 saturated heterocycles. The van der Waals surface area contributed by atoms with Crippen LogP contribution in [0.3, 0.4) is 0 Å². The number of nitrogens with one attached hydrogen (secondary N) is 2. The van der Waals surface area contributed by atoms with Crippen LogP contribution in [-0.4, -0.2) is 11.9 Å². The van der Waals surface area contributed by atoms with Crippen molar-refractivity contribution in [3.8, 4) is 5.75 Å². The number of hydrogen-bond donors (Lipinski definition) is 2. The molecule has 164 valence electrons. The minimum atomic E-state index is -0.502. The third-order valence-electron chi connectivity index (χ3n) is 5.86. The largest absolute Gasteiger partial charge is 0.422 e. The molecule has 0 bridgehead atoms. The third kappa shape index (κ3) is 4.11. The minimum Gasteiger partial charge on any atom is -0.422 e. The van der Waals surface area contributed by atoms with Gasteiger partial charge in [-0.2, -0.15) is 0 Å². The minimum absolute atomic E-state index is 0.0824. The first kappa shape index (κ1) is 21.7. The van der Waals surface area contributed by atoms with Crippen LogP contribution in [0, 0.1) is 5.92 Å². The highest BCUT2D eigenvalue weighted by Gasteiger charge is 2.34. The summed E-state index contributed by atoms with van der Waals surface area (Å²) in [5.41, 5.74) is 3.09. The predicted octanol–water partition coefficient (Wildman–Crippen LogP) is 6.47. The number of rotatable bonds is 3. The molecule has 5 nitrogen and oxygen atoms in total. The SMILES string of the molecule is C[C@H]1CCc2c(sc3c2C(=O)N[C@@H](c2cc(Br)ccc2OC(=O)c2ccc(Br)cc2)N3)C1. The lowest BCUT2D eigenvalue weighted by Crippen LogP contribution is -2.38. The average molecular weight is 576 g/mol. The molecule has 1 aromatic heterocycles. The Morgan fingerprint density at radius 2 is 1.84 bits per heavy atom. The van der Waals surface area contributed by atoms with E-state index < -0.39 is 12.1 Å². The van der Waals surface area contributed by atoms with Gasteiger partial charge in [0.15, 0.2) is 0 Å². The van der Waals surface area contributed by atoms with E-state index in [4.69, 9.17) is 4.74 Å². The van der Waals surface area contributed by atoms with E-state index in [-0.39, 0.29) is 5.91 Å². The van der Waals surface area contributed by atoms with Gasteiger partial charge in [0.25, 0.3) is 5.91 Å². The molecule has 2 aromatic carbocycles. The first-order valence-corrected chi connectivity index (χ1v) is 12.8. The van der Waals surface area contributed by atoms with Gasteiger partial charge in [-0.05, 0) is 73.2 Å². The highest BCUT2D eigenvalue weighted by molar-refractivity contribution is 9.10. The predicted molar refractivity (Wildman–Crippen MR) is 133 cm³/mol. The summed E-state index contributed by atoms with van der Waals surface area (Å²) in [7, 11) is 0. The van der Waals surface area contributed by atoms with Gasteiger partial charge in [-0.1, -0.05) is 38.8 Å². The summed E-state index contributed by atoms with van der Waals surface area (Å²) in [6.45, 7) is 2.26. The number of anilines is 1. The molecule has 0 fully saturated rings. The summed E-state index contributed by atoms with van der Waals surface area (Å²) in [5.74, 6) is 0.499. The maximum absolute atomic E-state index is 13.1. The van der Waals surface area contributed by atoms with E-state index >= 15 is 0 Å². The summed E-state index contributed by atoms with van der Waals surface area (Å²) in [4.78, 5) is 27.1. The maximum Gasteiger partial charge on any atom is 0.343 e. The van der Waals surface area contributed by atoms with Crippen LogP contribution in [0.1, 0.15) is 56.2 Å². The number of carbonyl (C=O) groups is 2. The van der Waals surface area contributed by atoms with Crippen LogP contribution < -0.4 is 15.4 Å². The molecule has 5 rings (SSSR count). The summed E-state index contributed by atoms with van der Waals surface area (Å²) < 4.78 is 7.45. The van der Waals surface area contributed by atoms with Gasteiger partial charge in [0.1, 0.15) is 16.9 Å². The van der Waals surface area contributed by atoms with Gasteiger partial charge in [-0.15, -0.1) is 11.3 Å². The molecule has 2 aliphatic rings. The number of hydrogen-bond acceptors (Lipinski definition) is 5. The number of carbonyl (C=O) groups excluding carboxylic acids is 2. The van der Waals surface area contributed by atoms with Gasteiger partial charge in [-0.3, -0.25) is 4.79 Å². The van der Waals surface area contributed by atoms with Crippen LogP contribution in [-0.2, 0) is 12.8 Å². The molecular weight excluding hydrogens is 556 g/mol. The van der Waals surface area contributed by atoms with Crippen molar-refractivity contribution in [3.05, 3.63) is 78.5 Å². The third-order valence-corrected chi connectivity index (χ3v) is 8.06. The van der Waals surface area contributed by atoms with Gasteiger partial charge < -0.3 is 15.4 Å². The fourth-order valence-electron chi connectivity index (χ4n) is 4.20. The van der Waals surface area contributed by atoms with Crippen molar-refractivity contribution in [2.45, 2.75) is 32.4 Å². The van der Waals surface area contributed by atoms with Gasteiger partial charge in [0.05, 0.1) is 11.1 Å². The molecule has 2 N–H and O–H groups in total. The molecule has 0 spiro atoms. The Kier molecular flexibility index (Phi) is 5.86. The number of fused-ring (bicyclic) bond motifs is 3. The molecule has 2 atom stereocenters. The molecule has 0 unspecified atom stereocenters. The van der Waals surface area contributed by atoms with E-state index in [0.29, 0.717) is 22.8 Å². The van der Waals surface area contributed by atoms with Crippen LogP contribution in [0.15, 0.2) is 51.4 Å². The highest BCUT2D eigenvalue weighted by atomic mass is 79.9. The van der Waals surface area contributed by atoms with Crippen LogP contribution in [0.4, 0.5) is 5.00 Å². The molecule has 1 aliphatic carbocycles. The monoisotopic (exact) mass is 574 g/mol. The summed E-state index contributed by atoms with van der Waals surface area (Å²) in [6, 6.07) is 12.4. The van der Waals surface area contributed by atoms with Gasteiger partial charge in [0.2, 0.25) is 0 Å². The Hall–Kier alpha value is -2.16. The van der Waals surface area contributed by atoms with Crippen LogP contribution >= 0.6 is 43.2 Å². The quantitative estimate of drug-likeness (QED) is 0.277. The van der Waals surface area contributed by atoms with E-state index in [2.05, 4.69) is 49.4 Å². The number of benzene rings is 2. The molecule has 0 radical (unpaired) electrons. The number of esters is 1. The van der Waals surface area contributed by atoms with Crippen molar-refractivity contribution in [3.63, 3.8) is 0 Å². The fraction of sp³-hybridized carbons (Fsp3) is 0.250. The van der Waals surface area contributed by atoms with Crippen LogP contribution in [0.5, 0.6) is 5.75 Å². The number of halogens is 2. The lowest BCUT2D eigenvalue weighted by Gasteiger charge is -2.28. The molecular formula is C24H20Br2N2O3S. The lowest BCUT2D eigenvalue weighted by molar-refractivity contribution is 0.0732. The first-order valence-electron chi connectivity index (χ1n) is 10.4. The first-order chi connectivity index (χ1) is 15.4. The van der Waals surface area contributed by atoms with Crippen molar-refractivity contribution in [1.29, 1.82) is 0 Å². The van der Waals surface area contributed by atoms with Gasteiger partial charge >= 0.3 is 5.97 Å². The van der Waals surface area contributed by atoms with Crippen molar-refractivity contribution in [2.75, 3.05) is 5.32 Å². The Morgan fingerprint density at radius 1 is 1.09 bits per heavy atom. The Bertz CT molecular complexity index is 1220. The number of amides is 1. The zero-order valence-electron chi connectivity index (χ0n) is 17.2. The molecule has 1 amide bonds. The Labute approximate surface area is 206 Å². The molecule has 2 heterocycles. The van der Waals surface area contributed by atoms with E-state index in [1.807, 2.05) is 12.1 Å². The van der Waals surface area contributed by atoms with Crippen molar-refractivity contribution < 1.29 is 14.3 Å². The number of ether oxygens (including phenoxy) is 1. The molecule has 3 aromatic rings. The van der Waals surface area contributed by atoms with E-state index in [1.165, 1.54) is 10.4 Å². The van der Waals surface area contributed by atoms with Crippen molar-refractivity contribution in [1.82, 2.24) is 5.32 Å². The summed E-state index contributed by atoms with van der Waals surface area (Å²) >= 11 is 8.54. The highest BCUT2D eigenvalue weighted by Crippen LogP contribution is 2.43.